The van der Waals surface area contributed by atoms with E-state index in [1.54, 1.807) is 12.7 Å². The molecule has 0 aliphatic heterocycles. The van der Waals surface area contributed by atoms with Crippen LogP contribution in [-0.2, 0) is 6.42 Å². The number of aliphatic hydroxyl groups is 1. The number of benzene rings is 1. The average Bonchev–Trinajstić information content (AvgIpc) is 2.96. The molecule has 6 unspecified atom stereocenters. The molecule has 3 aliphatic carbocycles. The van der Waals surface area contributed by atoms with Gasteiger partial charge in [0.15, 0.2) is 0 Å². The lowest BCUT2D eigenvalue weighted by Gasteiger charge is -2.53. The minimum atomic E-state index is -0.0836. The van der Waals surface area contributed by atoms with Gasteiger partial charge in [-0.25, -0.2) is 0 Å². The standard InChI is InChI=1S/C21H30O2.C2H6/c1-4-13-12-21(2)18(9-10-19(21)22)17-7-5-14-11-15(23-3)6-8-16(14)20(13)17;1-2/h6,8,11,13,17-20,22H,4-5,7,9-10,12H2,1-3H3;1-2H3. The molecule has 0 heterocycles. The Morgan fingerprint density at radius 1 is 1.20 bits per heavy atom. The lowest BCUT2D eigenvalue weighted by molar-refractivity contribution is -0.0487. The molecule has 2 fully saturated rings. The molecule has 1 aromatic rings. The Kier molecular flexibility index (Phi) is 5.48. The van der Waals surface area contributed by atoms with Crippen LogP contribution in [0.25, 0.3) is 0 Å². The molecule has 0 spiro atoms. The molecule has 2 saturated carbocycles. The summed E-state index contributed by atoms with van der Waals surface area (Å²) < 4.78 is 5.44. The summed E-state index contributed by atoms with van der Waals surface area (Å²) in [6, 6.07) is 6.74. The molecule has 0 radical (unpaired) electrons. The van der Waals surface area contributed by atoms with Crippen molar-refractivity contribution in [1.82, 2.24) is 0 Å². The molecule has 4 rings (SSSR count). The summed E-state index contributed by atoms with van der Waals surface area (Å²) in [6.07, 6.45) is 7.03. The van der Waals surface area contributed by atoms with E-state index in [0.717, 1.165) is 18.1 Å². The van der Waals surface area contributed by atoms with Gasteiger partial charge in [0.2, 0.25) is 0 Å². The van der Waals surface area contributed by atoms with Gasteiger partial charge in [0.1, 0.15) is 5.75 Å². The van der Waals surface area contributed by atoms with Gasteiger partial charge >= 0.3 is 0 Å². The van der Waals surface area contributed by atoms with Crippen LogP contribution < -0.4 is 4.74 Å². The Morgan fingerprint density at radius 2 is 1.96 bits per heavy atom. The number of hydrogen-bond donors (Lipinski definition) is 1. The van der Waals surface area contributed by atoms with Crippen LogP contribution in [0, 0.1) is 23.2 Å². The van der Waals surface area contributed by atoms with E-state index in [4.69, 9.17) is 4.74 Å². The minimum Gasteiger partial charge on any atom is -0.497 e. The highest BCUT2D eigenvalue weighted by molar-refractivity contribution is 5.41. The maximum absolute atomic E-state index is 10.6. The fourth-order valence-electron chi connectivity index (χ4n) is 6.36. The Bertz CT molecular complexity index is 596. The molecule has 3 aliphatic rings. The quantitative estimate of drug-likeness (QED) is 0.759. The second-order valence-electron chi connectivity index (χ2n) is 8.37. The summed E-state index contributed by atoms with van der Waals surface area (Å²) in [5.74, 6) is 3.86. The van der Waals surface area contributed by atoms with E-state index in [1.807, 2.05) is 13.8 Å². The van der Waals surface area contributed by atoms with Gasteiger partial charge in [0.25, 0.3) is 0 Å². The van der Waals surface area contributed by atoms with Gasteiger partial charge in [-0.1, -0.05) is 40.2 Å². The molecule has 0 saturated heterocycles. The smallest absolute Gasteiger partial charge is 0.119 e. The highest BCUT2D eigenvalue weighted by Crippen LogP contribution is 2.63. The lowest BCUT2D eigenvalue weighted by Crippen LogP contribution is -2.47. The van der Waals surface area contributed by atoms with Crippen LogP contribution >= 0.6 is 0 Å². The van der Waals surface area contributed by atoms with Gasteiger partial charge in [-0.15, -0.1) is 0 Å². The zero-order chi connectivity index (χ0) is 18.2. The van der Waals surface area contributed by atoms with Crippen molar-refractivity contribution in [2.75, 3.05) is 7.11 Å². The van der Waals surface area contributed by atoms with Gasteiger partial charge in [0, 0.05) is 0 Å². The largest absolute Gasteiger partial charge is 0.497 e. The first kappa shape index (κ1) is 18.8. The first-order chi connectivity index (χ1) is 12.1. The second-order valence-corrected chi connectivity index (χ2v) is 8.37. The first-order valence-corrected chi connectivity index (χ1v) is 10.4. The molecule has 140 valence electrons. The normalized spacial score (nSPS) is 38.7. The lowest BCUT2D eigenvalue weighted by atomic mass is 9.51. The number of methoxy groups -OCH3 is 1. The summed E-state index contributed by atoms with van der Waals surface area (Å²) in [7, 11) is 1.76. The molecule has 2 nitrogen and oxygen atoms in total. The Hall–Kier alpha value is -1.02. The number of aryl methyl sites for hydroxylation is 1. The zero-order valence-electron chi connectivity index (χ0n) is 16.7. The van der Waals surface area contributed by atoms with Gasteiger partial charge in [-0.05, 0) is 84.5 Å². The second kappa shape index (κ2) is 7.31. The van der Waals surface area contributed by atoms with Crippen molar-refractivity contribution in [3.05, 3.63) is 29.3 Å². The molecule has 2 heteroatoms. The molecule has 0 amide bonds. The van der Waals surface area contributed by atoms with Gasteiger partial charge in [0.05, 0.1) is 13.2 Å². The van der Waals surface area contributed by atoms with Gasteiger partial charge in [-0.2, -0.15) is 0 Å². The molecule has 6 atom stereocenters. The summed E-state index contributed by atoms with van der Waals surface area (Å²) in [5, 5.41) is 10.6. The molecular formula is C23H36O2. The SMILES string of the molecule is CC.CCC1CC2(C)C(O)CCC2C2CCc3cc(OC)ccc3C12. The first-order valence-electron chi connectivity index (χ1n) is 10.4. The number of rotatable bonds is 2. The van der Waals surface area contributed by atoms with Crippen LogP contribution in [0.2, 0.25) is 0 Å². The number of fused-ring (bicyclic) bond motifs is 5. The highest BCUT2D eigenvalue weighted by atomic mass is 16.5. The van der Waals surface area contributed by atoms with Crippen LogP contribution in [0.3, 0.4) is 0 Å². The molecule has 1 N–H and O–H groups in total. The third-order valence-corrected chi connectivity index (χ3v) is 7.53. The monoisotopic (exact) mass is 344 g/mol. The van der Waals surface area contributed by atoms with E-state index in [1.165, 1.54) is 37.7 Å². The van der Waals surface area contributed by atoms with E-state index in [0.29, 0.717) is 17.8 Å². The van der Waals surface area contributed by atoms with Crippen molar-refractivity contribution >= 4 is 0 Å². The molecule has 0 bridgehead atoms. The van der Waals surface area contributed by atoms with Crippen LogP contribution in [0.15, 0.2) is 18.2 Å². The molecular weight excluding hydrogens is 308 g/mol. The maximum atomic E-state index is 10.6. The van der Waals surface area contributed by atoms with Crippen LogP contribution in [0.1, 0.15) is 76.8 Å². The molecule has 0 aromatic heterocycles. The van der Waals surface area contributed by atoms with Crippen LogP contribution in [0.4, 0.5) is 0 Å². The fraction of sp³-hybridized carbons (Fsp3) is 0.739. The van der Waals surface area contributed by atoms with Crippen LogP contribution in [-0.4, -0.2) is 18.3 Å². The van der Waals surface area contributed by atoms with E-state index in [9.17, 15) is 5.11 Å². The summed E-state index contributed by atoms with van der Waals surface area (Å²) in [6.45, 7) is 8.71. The van der Waals surface area contributed by atoms with E-state index in [-0.39, 0.29) is 11.5 Å². The third kappa shape index (κ3) is 2.91. The maximum Gasteiger partial charge on any atom is 0.119 e. The van der Waals surface area contributed by atoms with E-state index >= 15 is 0 Å². The number of hydrogen-bond acceptors (Lipinski definition) is 2. The number of ether oxygens (including phenoxy) is 1. The molecule has 25 heavy (non-hydrogen) atoms. The Morgan fingerprint density at radius 3 is 2.64 bits per heavy atom. The van der Waals surface area contributed by atoms with Gasteiger partial charge < -0.3 is 9.84 Å². The third-order valence-electron chi connectivity index (χ3n) is 7.53. The van der Waals surface area contributed by atoms with Crippen molar-refractivity contribution in [2.45, 2.75) is 78.2 Å². The van der Waals surface area contributed by atoms with Crippen molar-refractivity contribution in [3.63, 3.8) is 0 Å². The zero-order valence-corrected chi connectivity index (χ0v) is 16.7. The van der Waals surface area contributed by atoms with Crippen molar-refractivity contribution in [3.8, 4) is 5.75 Å². The van der Waals surface area contributed by atoms with Gasteiger partial charge in [-0.3, -0.25) is 0 Å². The highest BCUT2D eigenvalue weighted by Gasteiger charge is 2.57. The van der Waals surface area contributed by atoms with Crippen molar-refractivity contribution in [2.24, 2.45) is 23.2 Å². The summed E-state index contributed by atoms with van der Waals surface area (Å²) in [5.41, 5.74) is 3.25. The minimum absolute atomic E-state index is 0.0836. The van der Waals surface area contributed by atoms with Crippen LogP contribution in [0.5, 0.6) is 5.75 Å². The Balaban J connectivity index is 0.000000880. The molecule has 1 aromatic carbocycles. The summed E-state index contributed by atoms with van der Waals surface area (Å²) in [4.78, 5) is 0. The van der Waals surface area contributed by atoms with Crippen molar-refractivity contribution < 1.29 is 9.84 Å². The average molecular weight is 345 g/mol. The summed E-state index contributed by atoms with van der Waals surface area (Å²) >= 11 is 0. The topological polar surface area (TPSA) is 29.5 Å². The predicted octanol–water partition coefficient (Wildman–Crippen LogP) is 5.57. The van der Waals surface area contributed by atoms with Crippen molar-refractivity contribution in [1.29, 1.82) is 0 Å². The van der Waals surface area contributed by atoms with E-state index < -0.39 is 0 Å². The van der Waals surface area contributed by atoms with E-state index in [2.05, 4.69) is 32.0 Å². The number of aliphatic hydroxyl groups excluding tert-OH is 1. The fourth-order valence-corrected chi connectivity index (χ4v) is 6.36. The predicted molar refractivity (Wildman–Crippen MR) is 104 cm³/mol. The Labute approximate surface area is 154 Å².